The lowest BCUT2D eigenvalue weighted by Crippen LogP contribution is -2.31. The number of nitrogens with two attached hydrogens (primary N) is 1. The van der Waals surface area contributed by atoms with E-state index < -0.39 is 5.91 Å². The monoisotopic (exact) mass is 342 g/mol. The summed E-state index contributed by atoms with van der Waals surface area (Å²) in [6.07, 6.45) is 2.96. The number of amides is 2. The molecule has 2 amide bonds. The smallest absolute Gasteiger partial charge is 0.254 e. The molecule has 0 aliphatic rings. The van der Waals surface area contributed by atoms with Gasteiger partial charge in [-0.25, -0.2) is 4.39 Å². The Morgan fingerprint density at radius 2 is 1.72 bits per heavy atom. The first-order valence-electron chi connectivity index (χ1n) is 8.45. The van der Waals surface area contributed by atoms with Crippen molar-refractivity contribution in [1.82, 2.24) is 4.90 Å². The third-order valence-electron chi connectivity index (χ3n) is 4.00. The number of benzene rings is 2. The van der Waals surface area contributed by atoms with Gasteiger partial charge >= 0.3 is 0 Å². The van der Waals surface area contributed by atoms with Crippen molar-refractivity contribution in [3.63, 3.8) is 0 Å². The predicted molar refractivity (Wildman–Crippen MR) is 95.6 cm³/mol. The molecule has 2 rings (SSSR count). The average Bonchev–Trinajstić information content (AvgIpc) is 2.62. The molecule has 0 radical (unpaired) electrons. The second kappa shape index (κ2) is 8.97. The number of hydrogen-bond acceptors (Lipinski definition) is 2. The van der Waals surface area contributed by atoms with E-state index >= 15 is 0 Å². The Labute approximate surface area is 147 Å². The Morgan fingerprint density at radius 3 is 2.36 bits per heavy atom. The molecule has 4 nitrogen and oxygen atoms in total. The van der Waals surface area contributed by atoms with Crippen LogP contribution in [0.25, 0.3) is 0 Å². The number of nitrogens with zero attached hydrogens (tertiary/aromatic N) is 1. The summed E-state index contributed by atoms with van der Waals surface area (Å²) in [5.74, 6) is -1.03. The summed E-state index contributed by atoms with van der Waals surface area (Å²) >= 11 is 0. The summed E-state index contributed by atoms with van der Waals surface area (Å²) in [6, 6.07) is 12.5. The molecule has 0 aliphatic carbocycles. The van der Waals surface area contributed by atoms with Crippen LogP contribution in [0.4, 0.5) is 4.39 Å². The lowest BCUT2D eigenvalue weighted by atomic mass is 10.1. The molecule has 0 saturated heterocycles. The number of rotatable bonds is 8. The summed E-state index contributed by atoms with van der Waals surface area (Å²) in [4.78, 5) is 26.0. The summed E-state index contributed by atoms with van der Waals surface area (Å²) in [6.45, 7) is 3.09. The lowest BCUT2D eigenvalue weighted by Gasteiger charge is -2.23. The Hall–Kier alpha value is -2.69. The predicted octanol–water partition coefficient (Wildman–Crippen LogP) is 3.76. The minimum atomic E-state index is -0.564. The van der Waals surface area contributed by atoms with E-state index in [1.54, 1.807) is 35.2 Å². The minimum Gasteiger partial charge on any atom is -0.366 e. The summed E-state index contributed by atoms with van der Waals surface area (Å²) in [7, 11) is 0. The third kappa shape index (κ3) is 5.41. The summed E-state index contributed by atoms with van der Waals surface area (Å²) in [5, 5.41) is 0. The van der Waals surface area contributed by atoms with Crippen molar-refractivity contribution >= 4 is 11.8 Å². The van der Waals surface area contributed by atoms with Gasteiger partial charge in [0, 0.05) is 24.2 Å². The number of unbranched alkanes of at least 4 members (excludes halogenated alkanes) is 2. The molecule has 0 aromatic heterocycles. The fourth-order valence-corrected chi connectivity index (χ4v) is 2.60. The van der Waals surface area contributed by atoms with Gasteiger partial charge in [-0.05, 0) is 42.3 Å². The van der Waals surface area contributed by atoms with Gasteiger partial charge in [0.05, 0.1) is 0 Å². The van der Waals surface area contributed by atoms with Crippen molar-refractivity contribution in [3.05, 3.63) is 71.0 Å². The van der Waals surface area contributed by atoms with E-state index in [2.05, 4.69) is 6.92 Å². The van der Waals surface area contributed by atoms with Crippen LogP contribution in [0.2, 0.25) is 0 Å². The molecule has 0 spiro atoms. The third-order valence-corrected chi connectivity index (χ3v) is 4.00. The molecule has 25 heavy (non-hydrogen) atoms. The van der Waals surface area contributed by atoms with Crippen molar-refractivity contribution in [1.29, 1.82) is 0 Å². The number of carbonyl (C=O) groups is 2. The van der Waals surface area contributed by atoms with E-state index in [0.29, 0.717) is 24.2 Å². The van der Waals surface area contributed by atoms with E-state index in [4.69, 9.17) is 5.73 Å². The van der Waals surface area contributed by atoms with Crippen molar-refractivity contribution in [2.24, 2.45) is 5.73 Å². The van der Waals surface area contributed by atoms with E-state index in [9.17, 15) is 14.0 Å². The van der Waals surface area contributed by atoms with Gasteiger partial charge in [0.1, 0.15) is 5.82 Å². The fraction of sp³-hybridized carbons (Fsp3) is 0.300. The van der Waals surface area contributed by atoms with Crippen LogP contribution in [0.5, 0.6) is 0 Å². The molecule has 0 atom stereocenters. The summed E-state index contributed by atoms with van der Waals surface area (Å²) in [5.41, 5.74) is 6.89. The molecule has 0 fully saturated rings. The maximum absolute atomic E-state index is 13.1. The highest BCUT2D eigenvalue weighted by molar-refractivity contribution is 5.99. The van der Waals surface area contributed by atoms with Crippen LogP contribution < -0.4 is 5.73 Å². The first-order chi connectivity index (χ1) is 12.0. The highest BCUT2D eigenvalue weighted by Gasteiger charge is 2.17. The van der Waals surface area contributed by atoms with Gasteiger partial charge in [-0.15, -0.1) is 0 Å². The standard InChI is InChI=1S/C20H23FN2O2/c1-2-3-4-12-23(14-15-8-10-18(21)11-9-15)20(25)17-7-5-6-16(13-17)19(22)24/h5-11,13H,2-4,12,14H2,1H3,(H2,22,24). The van der Waals surface area contributed by atoms with Gasteiger partial charge in [0.2, 0.25) is 5.91 Å². The van der Waals surface area contributed by atoms with Crippen LogP contribution in [-0.2, 0) is 6.54 Å². The van der Waals surface area contributed by atoms with Crippen molar-refractivity contribution in [3.8, 4) is 0 Å². The van der Waals surface area contributed by atoms with E-state index in [-0.39, 0.29) is 11.7 Å². The van der Waals surface area contributed by atoms with E-state index in [0.717, 1.165) is 24.8 Å². The molecule has 132 valence electrons. The number of hydrogen-bond donors (Lipinski definition) is 1. The van der Waals surface area contributed by atoms with Crippen LogP contribution in [0.1, 0.15) is 52.5 Å². The van der Waals surface area contributed by atoms with Crippen LogP contribution in [0, 0.1) is 5.82 Å². The minimum absolute atomic E-state index is 0.163. The molecule has 0 heterocycles. The Morgan fingerprint density at radius 1 is 1.04 bits per heavy atom. The quantitative estimate of drug-likeness (QED) is 0.743. The van der Waals surface area contributed by atoms with Crippen LogP contribution >= 0.6 is 0 Å². The van der Waals surface area contributed by atoms with E-state index in [1.807, 2.05) is 0 Å². The van der Waals surface area contributed by atoms with Crippen molar-refractivity contribution in [2.75, 3.05) is 6.54 Å². The molecule has 2 aromatic carbocycles. The van der Waals surface area contributed by atoms with Gasteiger partial charge in [0.15, 0.2) is 0 Å². The van der Waals surface area contributed by atoms with Crippen molar-refractivity contribution in [2.45, 2.75) is 32.7 Å². The molecular weight excluding hydrogens is 319 g/mol. The van der Waals surface area contributed by atoms with Crippen molar-refractivity contribution < 1.29 is 14.0 Å². The molecular formula is C20H23FN2O2. The van der Waals surface area contributed by atoms with Gasteiger partial charge in [-0.1, -0.05) is 38.0 Å². The number of primary amides is 1. The zero-order chi connectivity index (χ0) is 18.2. The van der Waals surface area contributed by atoms with Gasteiger partial charge < -0.3 is 10.6 Å². The second-order valence-corrected chi connectivity index (χ2v) is 6.01. The molecule has 0 aliphatic heterocycles. The second-order valence-electron chi connectivity index (χ2n) is 6.01. The number of carbonyl (C=O) groups excluding carboxylic acids is 2. The fourth-order valence-electron chi connectivity index (χ4n) is 2.60. The topological polar surface area (TPSA) is 63.4 Å². The highest BCUT2D eigenvalue weighted by atomic mass is 19.1. The van der Waals surface area contributed by atoms with Crippen LogP contribution in [-0.4, -0.2) is 23.3 Å². The molecule has 0 bridgehead atoms. The Kier molecular flexibility index (Phi) is 6.69. The van der Waals surface area contributed by atoms with Gasteiger partial charge in [-0.2, -0.15) is 0 Å². The first kappa shape index (κ1) is 18.6. The molecule has 5 heteroatoms. The Bertz CT molecular complexity index is 729. The van der Waals surface area contributed by atoms with Crippen LogP contribution in [0.15, 0.2) is 48.5 Å². The highest BCUT2D eigenvalue weighted by Crippen LogP contribution is 2.14. The Balaban J connectivity index is 2.20. The molecule has 2 N–H and O–H groups in total. The van der Waals surface area contributed by atoms with Crippen LogP contribution in [0.3, 0.4) is 0 Å². The zero-order valence-electron chi connectivity index (χ0n) is 14.4. The molecule has 0 saturated carbocycles. The maximum atomic E-state index is 13.1. The van der Waals surface area contributed by atoms with E-state index in [1.165, 1.54) is 18.2 Å². The SMILES string of the molecule is CCCCCN(Cc1ccc(F)cc1)C(=O)c1cccc(C(N)=O)c1. The first-order valence-corrected chi connectivity index (χ1v) is 8.45. The summed E-state index contributed by atoms with van der Waals surface area (Å²) < 4.78 is 13.1. The largest absolute Gasteiger partial charge is 0.366 e. The average molecular weight is 342 g/mol. The van der Waals surface area contributed by atoms with Gasteiger partial charge in [0.25, 0.3) is 5.91 Å². The normalized spacial score (nSPS) is 10.5. The number of halogens is 1. The van der Waals surface area contributed by atoms with Gasteiger partial charge in [-0.3, -0.25) is 9.59 Å². The zero-order valence-corrected chi connectivity index (χ0v) is 14.4. The maximum Gasteiger partial charge on any atom is 0.254 e. The lowest BCUT2D eigenvalue weighted by molar-refractivity contribution is 0.0740. The molecule has 2 aromatic rings. The molecule has 0 unspecified atom stereocenters.